The fourth-order valence-electron chi connectivity index (χ4n) is 9.57. The third-order valence-electron chi connectivity index (χ3n) is 13.7. The normalized spacial score (nSPS) is 14.1. The van der Waals surface area contributed by atoms with Crippen LogP contribution in [0.25, 0.3) is 22.6 Å². The van der Waals surface area contributed by atoms with Crippen molar-refractivity contribution in [2.24, 2.45) is 0 Å². The first kappa shape index (κ1) is 44.4. The molecule has 65 heavy (non-hydrogen) atoms. The molecule has 5 heteroatoms. The van der Waals surface area contributed by atoms with Crippen LogP contribution in [0.15, 0.2) is 126 Å². The largest absolute Gasteiger partial charge is 0.420 e. The van der Waals surface area contributed by atoms with E-state index in [2.05, 4.69) is 242 Å². The minimum Gasteiger partial charge on any atom is -0.420 e. The third kappa shape index (κ3) is 8.04. The smallest absolute Gasteiger partial charge is 0.279 e. The van der Waals surface area contributed by atoms with E-state index in [1.54, 1.807) is 0 Å². The highest BCUT2D eigenvalue weighted by Gasteiger charge is 2.47. The maximum atomic E-state index is 7.27. The van der Waals surface area contributed by atoms with Crippen molar-refractivity contribution in [3.8, 4) is 22.6 Å². The lowest BCUT2D eigenvalue weighted by Crippen LogP contribution is -2.62. The lowest BCUT2D eigenvalue weighted by Gasteiger charge is -2.43. The SMILES string of the molecule is Cc1cc2c3c(c1)N(c1cc(C(C)(C)C)cc(C(C)(C)C)c1)c1oc(-c4ccc(-c5ccc(C(C)(C)C)cc5)cc4)nc1B3c1cc(C(C)(C)C)ccc1N2c1ccc(C(C)(C)C)cc1. The Balaban J connectivity index is 1.31. The molecule has 9 rings (SSSR count). The second-order valence-corrected chi connectivity index (χ2v) is 24.0. The van der Waals surface area contributed by atoms with Gasteiger partial charge in [-0.25, -0.2) is 4.98 Å². The van der Waals surface area contributed by atoms with Gasteiger partial charge in [0, 0.05) is 34.0 Å². The van der Waals surface area contributed by atoms with E-state index in [0.717, 1.165) is 34.1 Å². The summed E-state index contributed by atoms with van der Waals surface area (Å²) in [7, 11) is 0. The average Bonchev–Trinajstić information content (AvgIpc) is 3.66. The fourth-order valence-corrected chi connectivity index (χ4v) is 9.57. The molecule has 0 saturated carbocycles. The van der Waals surface area contributed by atoms with Crippen LogP contribution in [-0.4, -0.2) is 11.7 Å². The monoisotopic (exact) mass is 858 g/mol. The van der Waals surface area contributed by atoms with Gasteiger partial charge in [-0.05, 0) is 144 Å². The van der Waals surface area contributed by atoms with Gasteiger partial charge in [0.05, 0.1) is 5.59 Å². The van der Waals surface area contributed by atoms with Crippen LogP contribution >= 0.6 is 0 Å². The summed E-state index contributed by atoms with van der Waals surface area (Å²) >= 11 is 0. The van der Waals surface area contributed by atoms with E-state index in [0.29, 0.717) is 5.89 Å². The number of oxazole rings is 1. The Hall–Kier alpha value is -5.81. The lowest BCUT2D eigenvalue weighted by molar-refractivity contribution is 0.566. The summed E-state index contributed by atoms with van der Waals surface area (Å²) in [5.41, 5.74) is 20.1. The molecule has 3 heterocycles. The summed E-state index contributed by atoms with van der Waals surface area (Å²) in [6, 6.07) is 46.0. The van der Waals surface area contributed by atoms with E-state index in [9.17, 15) is 0 Å². The zero-order valence-electron chi connectivity index (χ0n) is 41.9. The minimum atomic E-state index is -0.166. The molecule has 2 aliphatic heterocycles. The molecular formula is C60H68BN3O. The molecule has 332 valence electrons. The molecular weight excluding hydrogens is 789 g/mol. The maximum Gasteiger partial charge on any atom is 0.279 e. The van der Waals surface area contributed by atoms with Crippen molar-refractivity contribution in [2.45, 2.75) is 138 Å². The Bertz CT molecular complexity index is 2900. The van der Waals surface area contributed by atoms with E-state index < -0.39 is 0 Å². The van der Waals surface area contributed by atoms with Gasteiger partial charge in [0.25, 0.3) is 6.71 Å². The quantitative estimate of drug-likeness (QED) is 0.165. The van der Waals surface area contributed by atoms with E-state index in [1.807, 2.05) is 0 Å². The zero-order valence-corrected chi connectivity index (χ0v) is 41.9. The number of fused-ring (bicyclic) bond motifs is 4. The van der Waals surface area contributed by atoms with E-state index in [1.165, 1.54) is 66.8 Å². The predicted molar refractivity (Wildman–Crippen MR) is 280 cm³/mol. The molecule has 0 aliphatic carbocycles. The molecule has 0 saturated heterocycles. The van der Waals surface area contributed by atoms with Crippen LogP contribution in [0.1, 0.15) is 137 Å². The first-order valence-corrected chi connectivity index (χ1v) is 23.7. The number of hydrogen-bond acceptors (Lipinski definition) is 4. The van der Waals surface area contributed by atoms with Gasteiger partial charge in [0.1, 0.15) is 0 Å². The zero-order chi connectivity index (χ0) is 46.8. The Morgan fingerprint density at radius 3 is 1.37 bits per heavy atom. The molecule has 2 aliphatic rings. The van der Waals surface area contributed by atoms with E-state index >= 15 is 0 Å². The van der Waals surface area contributed by atoms with Crippen molar-refractivity contribution in [2.75, 3.05) is 9.80 Å². The van der Waals surface area contributed by atoms with Gasteiger partial charge in [0.15, 0.2) is 0 Å². The highest BCUT2D eigenvalue weighted by atomic mass is 16.4. The molecule has 7 aromatic rings. The molecule has 1 aromatic heterocycles. The van der Waals surface area contributed by atoms with Crippen molar-refractivity contribution in [1.29, 1.82) is 0 Å². The van der Waals surface area contributed by atoms with Gasteiger partial charge >= 0.3 is 0 Å². The van der Waals surface area contributed by atoms with Crippen LogP contribution in [0.3, 0.4) is 0 Å². The molecule has 4 nitrogen and oxygen atoms in total. The third-order valence-corrected chi connectivity index (χ3v) is 13.7. The van der Waals surface area contributed by atoms with Crippen molar-refractivity contribution in [3.05, 3.63) is 155 Å². The standard InChI is InChI=1S/C60H68BN3O/c1-37-31-50-52-51(32-37)64(47-34-44(59(11,12)13)33-45(35-47)60(14,15)16)55-53(62-54(65-55)40-19-17-38(18-20-40)39-21-23-41(24-22-39)56(2,3)4)61(52)48-36-43(58(8,9)10)27-30-49(48)63(50)46-28-25-42(26-29-46)57(5,6)7/h17-36H,1-16H3. The first-order chi connectivity index (χ1) is 30.3. The summed E-state index contributed by atoms with van der Waals surface area (Å²) in [5.74, 6) is 1.40. The van der Waals surface area contributed by atoms with Gasteiger partial charge in [-0.3, -0.25) is 4.90 Å². The Labute approximate surface area is 390 Å². The Morgan fingerprint density at radius 1 is 0.415 bits per heavy atom. The highest BCUT2D eigenvalue weighted by molar-refractivity contribution is 6.99. The summed E-state index contributed by atoms with van der Waals surface area (Å²) < 4.78 is 7.27. The number of anilines is 6. The summed E-state index contributed by atoms with van der Waals surface area (Å²) in [4.78, 5) is 10.5. The molecule has 0 amide bonds. The maximum absolute atomic E-state index is 7.27. The number of rotatable bonds is 4. The molecule has 0 spiro atoms. The molecule has 6 aromatic carbocycles. The number of aromatic nitrogens is 1. The van der Waals surface area contributed by atoms with Crippen LogP contribution in [0, 0.1) is 6.92 Å². The molecule has 0 radical (unpaired) electrons. The summed E-state index contributed by atoms with van der Waals surface area (Å²) in [5, 5.41) is 0. The van der Waals surface area contributed by atoms with Crippen molar-refractivity contribution in [3.63, 3.8) is 0 Å². The number of benzene rings is 6. The Morgan fingerprint density at radius 2 is 0.862 bits per heavy atom. The fraction of sp³-hybridized carbons (Fsp3) is 0.350. The Kier molecular flexibility index (Phi) is 10.3. The van der Waals surface area contributed by atoms with Crippen molar-refractivity contribution >= 4 is 57.6 Å². The van der Waals surface area contributed by atoms with Gasteiger partial charge in [-0.15, -0.1) is 0 Å². The minimum absolute atomic E-state index is 0.0423. The summed E-state index contributed by atoms with van der Waals surface area (Å²) in [6.07, 6.45) is 0. The summed E-state index contributed by atoms with van der Waals surface area (Å²) in [6.45, 7) is 36.5. The van der Waals surface area contributed by atoms with Crippen LogP contribution in [0.4, 0.5) is 34.3 Å². The second kappa shape index (κ2) is 15.1. The van der Waals surface area contributed by atoms with Gasteiger partial charge in [-0.1, -0.05) is 171 Å². The molecule has 0 bridgehead atoms. The van der Waals surface area contributed by atoms with E-state index in [4.69, 9.17) is 9.40 Å². The molecule has 0 unspecified atom stereocenters. The molecule has 0 fully saturated rings. The van der Waals surface area contributed by atoms with Crippen LogP contribution in [-0.2, 0) is 27.1 Å². The number of aryl methyl sites for hydroxylation is 1. The number of hydrogen-bond donors (Lipinski definition) is 0. The topological polar surface area (TPSA) is 32.5 Å². The van der Waals surface area contributed by atoms with Crippen LogP contribution in [0.2, 0.25) is 0 Å². The first-order valence-electron chi connectivity index (χ1n) is 23.7. The predicted octanol–water partition coefficient (Wildman–Crippen LogP) is 14.9. The van der Waals surface area contributed by atoms with Crippen LogP contribution < -0.4 is 26.3 Å². The van der Waals surface area contributed by atoms with Crippen molar-refractivity contribution < 1.29 is 4.42 Å². The number of nitrogens with zero attached hydrogens (tertiary/aromatic N) is 3. The van der Waals surface area contributed by atoms with Gasteiger partial charge < -0.3 is 9.32 Å². The highest BCUT2D eigenvalue weighted by Crippen LogP contribution is 2.47. The van der Waals surface area contributed by atoms with Crippen LogP contribution in [0.5, 0.6) is 0 Å². The van der Waals surface area contributed by atoms with Crippen molar-refractivity contribution in [1.82, 2.24) is 4.98 Å². The molecule has 0 N–H and O–H groups in total. The lowest BCUT2D eigenvalue weighted by atomic mass is 9.35. The van der Waals surface area contributed by atoms with E-state index in [-0.39, 0.29) is 33.8 Å². The van der Waals surface area contributed by atoms with Gasteiger partial charge in [-0.2, -0.15) is 0 Å². The second-order valence-electron chi connectivity index (χ2n) is 24.0. The average molecular weight is 858 g/mol. The molecule has 0 atom stereocenters. The van der Waals surface area contributed by atoms with Gasteiger partial charge in [0.2, 0.25) is 11.8 Å².